The summed E-state index contributed by atoms with van der Waals surface area (Å²) in [5.41, 5.74) is 2.26. The van der Waals surface area contributed by atoms with Crippen LogP contribution in [0, 0.1) is 13.8 Å². The van der Waals surface area contributed by atoms with Gasteiger partial charge in [0.2, 0.25) is 0 Å². The Morgan fingerprint density at radius 2 is 1.19 bits per heavy atom. The largest absolute Gasteiger partial charge is 0.481 e. The number of nitrogens with one attached hydrogen (secondary N) is 2. The summed E-state index contributed by atoms with van der Waals surface area (Å²) in [6, 6.07) is 15.0. The van der Waals surface area contributed by atoms with Crippen molar-refractivity contribution in [2.75, 3.05) is 6.54 Å². The van der Waals surface area contributed by atoms with Gasteiger partial charge in [0, 0.05) is 12.6 Å². The van der Waals surface area contributed by atoms with Crippen LogP contribution in [0.25, 0.3) is 0 Å². The van der Waals surface area contributed by atoms with E-state index in [0.29, 0.717) is 30.9 Å². The molecule has 0 aliphatic carbocycles. The number of hydrogen-bond donors (Lipinski definition) is 2. The van der Waals surface area contributed by atoms with Gasteiger partial charge in [-0.25, -0.2) is 0 Å². The molecule has 0 saturated heterocycles. The maximum atomic E-state index is 12.6. The third-order valence-corrected chi connectivity index (χ3v) is 4.90. The quantitative estimate of drug-likeness (QED) is 0.571. The van der Waals surface area contributed by atoms with Crippen LogP contribution in [0.5, 0.6) is 11.5 Å². The minimum absolute atomic E-state index is 0.201. The maximum Gasteiger partial charge on any atom is 0.261 e. The summed E-state index contributed by atoms with van der Waals surface area (Å²) >= 11 is 0. The van der Waals surface area contributed by atoms with E-state index in [-0.39, 0.29) is 17.9 Å². The first-order valence-corrected chi connectivity index (χ1v) is 10.9. The molecule has 0 heterocycles. The van der Waals surface area contributed by atoms with Crippen LogP contribution >= 0.6 is 0 Å². The molecule has 2 N–H and O–H groups in total. The zero-order chi connectivity index (χ0) is 22.8. The highest BCUT2D eigenvalue weighted by Gasteiger charge is 2.22. The van der Waals surface area contributed by atoms with E-state index < -0.39 is 12.2 Å². The van der Waals surface area contributed by atoms with Gasteiger partial charge in [0.25, 0.3) is 11.8 Å². The molecule has 3 atom stereocenters. The van der Waals surface area contributed by atoms with E-state index in [1.54, 1.807) is 0 Å². The van der Waals surface area contributed by atoms with Crippen molar-refractivity contribution in [1.82, 2.24) is 10.6 Å². The SMILES string of the molecule is CC[C@H](Oc1ccc(C)cc1)C(=O)NC[C@H](C)NC(=O)[C@@H](CC)Oc1ccc(C)cc1. The molecular formula is C25H34N2O4. The molecule has 0 spiro atoms. The van der Waals surface area contributed by atoms with Gasteiger partial charge in [0.15, 0.2) is 12.2 Å². The van der Waals surface area contributed by atoms with Crippen molar-refractivity contribution in [3.8, 4) is 11.5 Å². The lowest BCUT2D eigenvalue weighted by atomic mass is 10.2. The van der Waals surface area contributed by atoms with Crippen molar-refractivity contribution in [3.63, 3.8) is 0 Å². The molecule has 31 heavy (non-hydrogen) atoms. The van der Waals surface area contributed by atoms with Crippen molar-refractivity contribution in [1.29, 1.82) is 0 Å². The number of aryl methyl sites for hydroxylation is 2. The van der Waals surface area contributed by atoms with Gasteiger partial charge in [0.05, 0.1) is 0 Å². The molecule has 0 saturated carbocycles. The second kappa shape index (κ2) is 12.0. The molecule has 0 unspecified atom stereocenters. The van der Waals surface area contributed by atoms with E-state index in [2.05, 4.69) is 10.6 Å². The third kappa shape index (κ3) is 7.96. The average molecular weight is 427 g/mol. The van der Waals surface area contributed by atoms with Gasteiger partial charge < -0.3 is 20.1 Å². The lowest BCUT2D eigenvalue weighted by molar-refractivity contribution is -0.130. The second-order valence-electron chi connectivity index (χ2n) is 7.81. The van der Waals surface area contributed by atoms with Crippen LogP contribution in [0.1, 0.15) is 44.7 Å². The predicted octanol–water partition coefficient (Wildman–Crippen LogP) is 3.94. The van der Waals surface area contributed by atoms with Crippen LogP contribution in [-0.4, -0.2) is 36.6 Å². The summed E-state index contributed by atoms with van der Waals surface area (Å²) in [7, 11) is 0. The molecule has 6 nitrogen and oxygen atoms in total. The Balaban J connectivity index is 1.82. The molecular weight excluding hydrogens is 392 g/mol. The number of rotatable bonds is 11. The number of amides is 2. The van der Waals surface area contributed by atoms with Gasteiger partial charge in [0.1, 0.15) is 11.5 Å². The van der Waals surface area contributed by atoms with E-state index in [0.717, 1.165) is 11.1 Å². The fraction of sp³-hybridized carbons (Fsp3) is 0.440. The van der Waals surface area contributed by atoms with Gasteiger partial charge in [-0.2, -0.15) is 0 Å². The fourth-order valence-corrected chi connectivity index (χ4v) is 2.96. The Labute approximate surface area is 185 Å². The summed E-state index contributed by atoms with van der Waals surface area (Å²) in [6.45, 7) is 9.95. The zero-order valence-corrected chi connectivity index (χ0v) is 19.1. The number of carbonyl (C=O) groups is 2. The van der Waals surface area contributed by atoms with Crippen LogP contribution in [-0.2, 0) is 9.59 Å². The Morgan fingerprint density at radius 1 is 0.774 bits per heavy atom. The molecule has 0 fully saturated rings. The van der Waals surface area contributed by atoms with Crippen molar-refractivity contribution in [2.45, 2.75) is 65.7 Å². The molecule has 168 valence electrons. The molecule has 2 amide bonds. The number of ether oxygens (including phenoxy) is 2. The number of benzene rings is 2. The highest BCUT2D eigenvalue weighted by molar-refractivity contribution is 5.82. The molecule has 0 bridgehead atoms. The van der Waals surface area contributed by atoms with Gasteiger partial charge in [-0.15, -0.1) is 0 Å². The summed E-state index contributed by atoms with van der Waals surface area (Å²) in [5, 5.41) is 5.78. The zero-order valence-electron chi connectivity index (χ0n) is 19.1. The molecule has 0 aliphatic rings. The van der Waals surface area contributed by atoms with E-state index in [1.807, 2.05) is 83.1 Å². The first-order valence-electron chi connectivity index (χ1n) is 10.9. The van der Waals surface area contributed by atoms with Gasteiger partial charge >= 0.3 is 0 Å². The molecule has 0 radical (unpaired) electrons. The normalized spacial score (nSPS) is 13.6. The summed E-state index contributed by atoms with van der Waals surface area (Å²) in [5.74, 6) is 0.917. The van der Waals surface area contributed by atoms with Crippen molar-refractivity contribution < 1.29 is 19.1 Å². The van der Waals surface area contributed by atoms with Crippen LogP contribution in [0.3, 0.4) is 0 Å². The van der Waals surface area contributed by atoms with Crippen LogP contribution in [0.15, 0.2) is 48.5 Å². The van der Waals surface area contributed by atoms with E-state index in [9.17, 15) is 9.59 Å². The van der Waals surface area contributed by atoms with Crippen molar-refractivity contribution in [3.05, 3.63) is 59.7 Å². The Morgan fingerprint density at radius 3 is 1.61 bits per heavy atom. The minimum atomic E-state index is -0.589. The van der Waals surface area contributed by atoms with Crippen molar-refractivity contribution >= 4 is 11.8 Å². The second-order valence-corrected chi connectivity index (χ2v) is 7.81. The highest BCUT2D eigenvalue weighted by Crippen LogP contribution is 2.16. The van der Waals surface area contributed by atoms with E-state index >= 15 is 0 Å². The predicted molar refractivity (Wildman–Crippen MR) is 122 cm³/mol. The Hall–Kier alpha value is -3.02. The maximum absolute atomic E-state index is 12.6. The topological polar surface area (TPSA) is 76.7 Å². The molecule has 2 aromatic carbocycles. The van der Waals surface area contributed by atoms with E-state index in [1.165, 1.54) is 0 Å². The van der Waals surface area contributed by atoms with Crippen LogP contribution < -0.4 is 20.1 Å². The van der Waals surface area contributed by atoms with Crippen LogP contribution in [0.4, 0.5) is 0 Å². The Kier molecular flexibility index (Phi) is 9.38. The molecule has 0 aromatic heterocycles. The van der Waals surface area contributed by atoms with Gasteiger partial charge in [-0.1, -0.05) is 49.2 Å². The number of carbonyl (C=O) groups excluding carboxylic acids is 2. The lowest BCUT2D eigenvalue weighted by Crippen LogP contribution is -2.48. The number of hydrogen-bond acceptors (Lipinski definition) is 4. The average Bonchev–Trinajstić information content (AvgIpc) is 2.76. The van der Waals surface area contributed by atoms with Gasteiger partial charge in [-0.3, -0.25) is 9.59 Å². The van der Waals surface area contributed by atoms with Crippen molar-refractivity contribution in [2.24, 2.45) is 0 Å². The van der Waals surface area contributed by atoms with Crippen LogP contribution in [0.2, 0.25) is 0 Å². The summed E-state index contributed by atoms with van der Waals surface area (Å²) < 4.78 is 11.6. The lowest BCUT2D eigenvalue weighted by Gasteiger charge is -2.22. The standard InChI is InChI=1S/C25H34N2O4/c1-6-22(30-20-12-8-17(3)9-13-20)24(28)26-16-19(5)27-25(29)23(7-2)31-21-14-10-18(4)11-15-21/h8-15,19,22-23H,6-7,16H2,1-5H3,(H,26,28)(H,27,29)/t19-,22-,23+/m0/s1. The van der Waals surface area contributed by atoms with Gasteiger partial charge in [-0.05, 0) is 57.9 Å². The third-order valence-electron chi connectivity index (χ3n) is 4.90. The summed E-state index contributed by atoms with van der Waals surface area (Å²) in [4.78, 5) is 25.1. The smallest absolute Gasteiger partial charge is 0.261 e. The highest BCUT2D eigenvalue weighted by atomic mass is 16.5. The molecule has 2 aromatic rings. The molecule has 6 heteroatoms. The monoisotopic (exact) mass is 426 g/mol. The minimum Gasteiger partial charge on any atom is -0.481 e. The Bertz CT molecular complexity index is 834. The first kappa shape index (κ1) is 24.3. The molecule has 0 aliphatic heterocycles. The molecule has 2 rings (SSSR count). The fourth-order valence-electron chi connectivity index (χ4n) is 2.96. The summed E-state index contributed by atoms with van der Waals surface area (Å²) in [6.07, 6.45) is -0.0860. The first-order chi connectivity index (χ1) is 14.8. The van der Waals surface area contributed by atoms with E-state index in [4.69, 9.17) is 9.47 Å².